The van der Waals surface area contributed by atoms with Gasteiger partial charge in [-0.2, -0.15) is 0 Å². The highest BCUT2D eigenvalue weighted by molar-refractivity contribution is 5.31. The summed E-state index contributed by atoms with van der Waals surface area (Å²) in [4.78, 5) is 0. The maximum atomic E-state index is 5.28. The predicted molar refractivity (Wildman–Crippen MR) is 63.4 cm³/mol. The van der Waals surface area contributed by atoms with Gasteiger partial charge in [-0.1, -0.05) is 38.3 Å². The minimum atomic E-state index is 0.744. The first-order valence-corrected chi connectivity index (χ1v) is 5.95. The second-order valence-electron chi connectivity index (χ2n) is 4.64. The molecule has 15 heavy (non-hydrogen) atoms. The molecule has 0 bridgehead atoms. The molecule has 82 valence electrons. The van der Waals surface area contributed by atoms with Crippen molar-refractivity contribution in [2.24, 2.45) is 5.92 Å². The van der Waals surface area contributed by atoms with Crippen molar-refractivity contribution in [1.82, 2.24) is 0 Å². The number of rotatable bonds is 2. The number of hydrogen-bond donors (Lipinski definition) is 0. The van der Waals surface area contributed by atoms with E-state index in [4.69, 9.17) is 4.74 Å². The van der Waals surface area contributed by atoms with E-state index in [2.05, 4.69) is 25.1 Å². The fourth-order valence-corrected chi connectivity index (χ4v) is 2.68. The topological polar surface area (TPSA) is 9.23 Å². The predicted octanol–water partition coefficient (Wildman–Crippen LogP) is 3.99. The van der Waals surface area contributed by atoms with Crippen molar-refractivity contribution in [1.29, 1.82) is 0 Å². The Kier molecular flexibility index (Phi) is 3.30. The zero-order valence-electron chi connectivity index (χ0n) is 9.70. The normalized spacial score (nSPS) is 26.3. The minimum Gasteiger partial charge on any atom is -0.497 e. The summed E-state index contributed by atoms with van der Waals surface area (Å²) in [6, 6.07) is 8.58. The van der Waals surface area contributed by atoms with E-state index in [1.54, 1.807) is 7.11 Å². The molecule has 1 saturated carbocycles. The first kappa shape index (κ1) is 10.5. The average molecular weight is 204 g/mol. The van der Waals surface area contributed by atoms with Crippen LogP contribution < -0.4 is 4.74 Å². The number of hydrogen-bond acceptors (Lipinski definition) is 1. The molecule has 1 fully saturated rings. The van der Waals surface area contributed by atoms with Crippen LogP contribution in [-0.2, 0) is 0 Å². The molecule has 1 aromatic rings. The Balaban J connectivity index is 2.19. The van der Waals surface area contributed by atoms with Crippen molar-refractivity contribution in [3.63, 3.8) is 0 Å². The zero-order valence-corrected chi connectivity index (χ0v) is 9.70. The molecule has 0 radical (unpaired) electrons. The largest absolute Gasteiger partial charge is 0.497 e. The van der Waals surface area contributed by atoms with E-state index in [9.17, 15) is 0 Å². The molecule has 1 heteroatoms. The maximum Gasteiger partial charge on any atom is 0.119 e. The van der Waals surface area contributed by atoms with Crippen molar-refractivity contribution in [2.45, 2.75) is 38.5 Å². The Morgan fingerprint density at radius 3 is 2.73 bits per heavy atom. The van der Waals surface area contributed by atoms with Gasteiger partial charge in [-0.25, -0.2) is 0 Å². The molecule has 1 aromatic carbocycles. The lowest BCUT2D eigenvalue weighted by molar-refractivity contribution is 0.329. The summed E-state index contributed by atoms with van der Waals surface area (Å²) in [7, 11) is 1.74. The van der Waals surface area contributed by atoms with E-state index in [1.807, 2.05) is 6.07 Å². The van der Waals surface area contributed by atoms with Crippen LogP contribution in [0.25, 0.3) is 0 Å². The smallest absolute Gasteiger partial charge is 0.119 e. The first-order chi connectivity index (χ1) is 7.31. The molecule has 1 aliphatic rings. The lowest BCUT2D eigenvalue weighted by Gasteiger charge is -2.29. The minimum absolute atomic E-state index is 0.744. The summed E-state index contributed by atoms with van der Waals surface area (Å²) < 4.78 is 5.28. The third kappa shape index (κ3) is 2.34. The maximum absolute atomic E-state index is 5.28. The highest BCUT2D eigenvalue weighted by atomic mass is 16.5. The van der Waals surface area contributed by atoms with E-state index >= 15 is 0 Å². The number of benzene rings is 1. The summed E-state index contributed by atoms with van der Waals surface area (Å²) in [5.74, 6) is 2.56. The van der Waals surface area contributed by atoms with Crippen LogP contribution in [0.2, 0.25) is 0 Å². The summed E-state index contributed by atoms with van der Waals surface area (Å²) in [6.45, 7) is 2.38. The van der Waals surface area contributed by atoms with Gasteiger partial charge in [0, 0.05) is 0 Å². The molecule has 0 N–H and O–H groups in total. The Labute approximate surface area is 92.5 Å². The molecule has 2 atom stereocenters. The number of methoxy groups -OCH3 is 1. The van der Waals surface area contributed by atoms with Crippen LogP contribution in [0.1, 0.15) is 44.1 Å². The van der Waals surface area contributed by atoms with Gasteiger partial charge < -0.3 is 4.74 Å². The number of ether oxygens (including phenoxy) is 1. The summed E-state index contributed by atoms with van der Waals surface area (Å²) in [5.41, 5.74) is 1.46. The summed E-state index contributed by atoms with van der Waals surface area (Å²) in [6.07, 6.45) is 5.50. The van der Waals surface area contributed by atoms with E-state index in [1.165, 1.54) is 31.2 Å². The SMILES string of the molecule is COc1cccc(C2CCCCC2C)c1. The molecule has 0 aromatic heterocycles. The average Bonchev–Trinajstić information content (AvgIpc) is 2.30. The van der Waals surface area contributed by atoms with Crippen molar-refractivity contribution < 1.29 is 4.74 Å². The second kappa shape index (κ2) is 4.69. The van der Waals surface area contributed by atoms with Gasteiger partial charge in [0.15, 0.2) is 0 Å². The molecule has 1 aliphatic carbocycles. The van der Waals surface area contributed by atoms with E-state index in [-0.39, 0.29) is 0 Å². The first-order valence-electron chi connectivity index (χ1n) is 5.95. The lowest BCUT2D eigenvalue weighted by Crippen LogP contribution is -2.14. The summed E-state index contributed by atoms with van der Waals surface area (Å²) in [5, 5.41) is 0. The van der Waals surface area contributed by atoms with Gasteiger partial charge in [0.2, 0.25) is 0 Å². The van der Waals surface area contributed by atoms with Crippen LogP contribution in [0.15, 0.2) is 24.3 Å². The summed E-state index contributed by atoms with van der Waals surface area (Å²) >= 11 is 0. The van der Waals surface area contributed by atoms with Crippen LogP contribution in [0, 0.1) is 5.92 Å². The van der Waals surface area contributed by atoms with E-state index in [0.717, 1.165) is 17.6 Å². The molecule has 2 unspecified atom stereocenters. The third-order valence-corrected chi connectivity index (χ3v) is 3.63. The van der Waals surface area contributed by atoms with Crippen molar-refractivity contribution in [2.75, 3.05) is 7.11 Å². The van der Waals surface area contributed by atoms with Crippen LogP contribution >= 0.6 is 0 Å². The van der Waals surface area contributed by atoms with E-state index in [0.29, 0.717) is 0 Å². The van der Waals surface area contributed by atoms with Gasteiger partial charge in [0.05, 0.1) is 7.11 Å². The van der Waals surface area contributed by atoms with Gasteiger partial charge >= 0.3 is 0 Å². The van der Waals surface area contributed by atoms with Crippen LogP contribution in [0.5, 0.6) is 5.75 Å². The highest BCUT2D eigenvalue weighted by Crippen LogP contribution is 2.38. The standard InChI is InChI=1S/C14H20O/c1-11-6-3-4-9-14(11)12-7-5-8-13(10-12)15-2/h5,7-8,10-11,14H,3-4,6,9H2,1-2H3. The van der Waals surface area contributed by atoms with Crippen LogP contribution in [0.3, 0.4) is 0 Å². The Morgan fingerprint density at radius 1 is 1.20 bits per heavy atom. The molecule has 1 nitrogen and oxygen atoms in total. The lowest BCUT2D eigenvalue weighted by atomic mass is 9.76. The van der Waals surface area contributed by atoms with E-state index < -0.39 is 0 Å². The van der Waals surface area contributed by atoms with Gasteiger partial charge in [-0.3, -0.25) is 0 Å². The Bertz CT molecular complexity index is 319. The van der Waals surface area contributed by atoms with Crippen molar-refractivity contribution in [3.8, 4) is 5.75 Å². The fraction of sp³-hybridized carbons (Fsp3) is 0.571. The highest BCUT2D eigenvalue weighted by Gasteiger charge is 2.22. The van der Waals surface area contributed by atoms with Crippen molar-refractivity contribution in [3.05, 3.63) is 29.8 Å². The molecular weight excluding hydrogens is 184 g/mol. The van der Waals surface area contributed by atoms with Crippen LogP contribution in [-0.4, -0.2) is 7.11 Å². The fourth-order valence-electron chi connectivity index (χ4n) is 2.68. The second-order valence-corrected chi connectivity index (χ2v) is 4.64. The molecule has 0 saturated heterocycles. The monoisotopic (exact) mass is 204 g/mol. The molecule has 0 aliphatic heterocycles. The molecule has 2 rings (SSSR count). The van der Waals surface area contributed by atoms with Crippen LogP contribution in [0.4, 0.5) is 0 Å². The van der Waals surface area contributed by atoms with Crippen molar-refractivity contribution >= 4 is 0 Å². The molecule has 0 heterocycles. The Morgan fingerprint density at radius 2 is 2.00 bits per heavy atom. The van der Waals surface area contributed by atoms with Gasteiger partial charge in [-0.15, -0.1) is 0 Å². The van der Waals surface area contributed by atoms with Gasteiger partial charge in [-0.05, 0) is 36.0 Å². The third-order valence-electron chi connectivity index (χ3n) is 3.63. The molecule has 0 spiro atoms. The quantitative estimate of drug-likeness (QED) is 0.707. The zero-order chi connectivity index (χ0) is 10.7. The Hall–Kier alpha value is -0.980. The van der Waals surface area contributed by atoms with Gasteiger partial charge in [0.1, 0.15) is 5.75 Å². The molecule has 0 amide bonds. The van der Waals surface area contributed by atoms with Gasteiger partial charge in [0.25, 0.3) is 0 Å². The molecular formula is C14H20O.